The second-order valence-electron chi connectivity index (χ2n) is 6.57. The van der Waals surface area contributed by atoms with E-state index in [2.05, 4.69) is 15.4 Å². The number of amides is 1. The van der Waals surface area contributed by atoms with E-state index in [0.29, 0.717) is 12.2 Å². The van der Waals surface area contributed by atoms with Crippen molar-refractivity contribution in [3.63, 3.8) is 0 Å². The minimum absolute atomic E-state index is 0.167. The molecular formula is C22H18N4O2. The number of carbonyl (C=O) groups excluding carboxylic acids is 1. The quantitative estimate of drug-likeness (QED) is 0.597. The number of para-hydroxylation sites is 1. The van der Waals surface area contributed by atoms with Crippen molar-refractivity contribution >= 4 is 22.5 Å². The standard InChI is InChI=1S/C22H18N4O2/c1-15-6-8-16(9-7-15)14-26-21(27)11-10-20(25-26)22(28)24-18-12-17-4-2-3-5-19(17)23-13-18/h2-13H,14H2,1H3,(H,24,28). The summed E-state index contributed by atoms with van der Waals surface area (Å²) < 4.78 is 1.29. The molecule has 0 saturated heterocycles. The lowest BCUT2D eigenvalue weighted by Gasteiger charge is -2.09. The van der Waals surface area contributed by atoms with Gasteiger partial charge in [-0.3, -0.25) is 14.6 Å². The van der Waals surface area contributed by atoms with Gasteiger partial charge >= 0.3 is 0 Å². The molecule has 28 heavy (non-hydrogen) atoms. The average molecular weight is 370 g/mol. The van der Waals surface area contributed by atoms with Crippen molar-refractivity contribution in [1.82, 2.24) is 14.8 Å². The molecule has 0 radical (unpaired) electrons. The molecule has 6 nitrogen and oxygen atoms in total. The Morgan fingerprint density at radius 3 is 2.64 bits per heavy atom. The van der Waals surface area contributed by atoms with Gasteiger partial charge in [0.1, 0.15) is 5.69 Å². The van der Waals surface area contributed by atoms with Crippen LogP contribution in [-0.4, -0.2) is 20.7 Å². The Morgan fingerprint density at radius 1 is 1.04 bits per heavy atom. The van der Waals surface area contributed by atoms with Gasteiger partial charge in [0.2, 0.25) is 0 Å². The van der Waals surface area contributed by atoms with Gasteiger partial charge in [-0.1, -0.05) is 48.0 Å². The summed E-state index contributed by atoms with van der Waals surface area (Å²) in [4.78, 5) is 29.1. The van der Waals surface area contributed by atoms with Gasteiger partial charge in [0.15, 0.2) is 0 Å². The zero-order valence-corrected chi connectivity index (χ0v) is 15.3. The monoisotopic (exact) mass is 370 g/mol. The van der Waals surface area contributed by atoms with Gasteiger partial charge in [-0.05, 0) is 30.7 Å². The van der Waals surface area contributed by atoms with Crippen LogP contribution in [-0.2, 0) is 6.54 Å². The summed E-state index contributed by atoms with van der Waals surface area (Å²) in [6.07, 6.45) is 1.60. The number of aromatic nitrogens is 3. The zero-order chi connectivity index (χ0) is 19.5. The maximum atomic E-state index is 12.6. The molecule has 4 rings (SSSR count). The van der Waals surface area contributed by atoms with E-state index in [4.69, 9.17) is 0 Å². The van der Waals surface area contributed by atoms with Crippen LogP contribution in [0.2, 0.25) is 0 Å². The summed E-state index contributed by atoms with van der Waals surface area (Å²) in [6.45, 7) is 2.30. The van der Waals surface area contributed by atoms with Crippen molar-refractivity contribution in [3.8, 4) is 0 Å². The topological polar surface area (TPSA) is 76.9 Å². The Hall–Kier alpha value is -3.80. The van der Waals surface area contributed by atoms with Crippen molar-refractivity contribution in [2.45, 2.75) is 13.5 Å². The molecule has 0 bridgehead atoms. The number of fused-ring (bicyclic) bond motifs is 1. The molecule has 0 saturated carbocycles. The largest absolute Gasteiger partial charge is 0.319 e. The lowest BCUT2D eigenvalue weighted by molar-refractivity contribution is 0.102. The van der Waals surface area contributed by atoms with Crippen molar-refractivity contribution in [2.24, 2.45) is 0 Å². The average Bonchev–Trinajstić information content (AvgIpc) is 2.71. The summed E-state index contributed by atoms with van der Waals surface area (Å²) in [5.74, 6) is -0.394. The Morgan fingerprint density at radius 2 is 1.82 bits per heavy atom. The predicted molar refractivity (Wildman–Crippen MR) is 108 cm³/mol. The summed E-state index contributed by atoms with van der Waals surface area (Å²) >= 11 is 0. The third-order valence-electron chi connectivity index (χ3n) is 4.40. The van der Waals surface area contributed by atoms with Gasteiger partial charge in [-0.2, -0.15) is 5.10 Å². The first-order chi connectivity index (χ1) is 13.6. The van der Waals surface area contributed by atoms with E-state index in [1.54, 1.807) is 6.20 Å². The fraction of sp³-hybridized carbons (Fsp3) is 0.0909. The van der Waals surface area contributed by atoms with Crippen molar-refractivity contribution < 1.29 is 4.79 Å². The maximum absolute atomic E-state index is 12.6. The summed E-state index contributed by atoms with van der Waals surface area (Å²) in [6, 6.07) is 20.1. The van der Waals surface area contributed by atoms with Gasteiger partial charge in [-0.25, -0.2) is 4.68 Å². The molecule has 2 aromatic heterocycles. The molecule has 0 atom stereocenters. The van der Waals surface area contributed by atoms with Gasteiger partial charge < -0.3 is 5.32 Å². The summed E-state index contributed by atoms with van der Waals surface area (Å²) in [5.41, 5.74) is 3.41. The SMILES string of the molecule is Cc1ccc(Cn2nc(C(=O)Nc3cnc4ccccc4c3)ccc2=O)cc1. The van der Waals surface area contributed by atoms with Crippen LogP contribution in [0.5, 0.6) is 0 Å². The fourth-order valence-corrected chi connectivity index (χ4v) is 2.88. The van der Waals surface area contributed by atoms with Crippen LogP contribution in [0.15, 0.2) is 77.7 Å². The Bertz CT molecular complexity index is 1210. The smallest absolute Gasteiger partial charge is 0.276 e. The predicted octanol–water partition coefficient (Wildman–Crippen LogP) is 3.40. The number of carbonyl (C=O) groups is 1. The molecule has 0 spiro atoms. The molecule has 2 aromatic carbocycles. The highest BCUT2D eigenvalue weighted by molar-refractivity contribution is 6.03. The van der Waals surface area contributed by atoms with E-state index < -0.39 is 5.91 Å². The number of nitrogens with zero attached hydrogens (tertiary/aromatic N) is 3. The number of aryl methyl sites for hydroxylation is 1. The number of pyridine rings is 1. The zero-order valence-electron chi connectivity index (χ0n) is 15.3. The number of nitrogens with one attached hydrogen (secondary N) is 1. The van der Waals surface area contributed by atoms with Gasteiger partial charge in [-0.15, -0.1) is 0 Å². The van der Waals surface area contributed by atoms with Crippen LogP contribution in [0.3, 0.4) is 0 Å². The molecule has 1 amide bonds. The summed E-state index contributed by atoms with van der Waals surface area (Å²) in [7, 11) is 0. The van der Waals surface area contributed by atoms with Gasteiger partial charge in [0.25, 0.3) is 11.5 Å². The highest BCUT2D eigenvalue weighted by Crippen LogP contribution is 2.16. The van der Waals surface area contributed by atoms with E-state index in [0.717, 1.165) is 22.0 Å². The molecule has 0 fully saturated rings. The van der Waals surface area contributed by atoms with Crippen molar-refractivity contribution in [2.75, 3.05) is 5.32 Å². The van der Waals surface area contributed by atoms with E-state index in [1.165, 1.54) is 16.8 Å². The number of hydrogen-bond acceptors (Lipinski definition) is 4. The molecule has 138 valence electrons. The van der Waals surface area contributed by atoms with Crippen molar-refractivity contribution in [3.05, 3.63) is 100 Å². The van der Waals surface area contributed by atoms with Gasteiger partial charge in [0, 0.05) is 11.5 Å². The number of hydrogen-bond donors (Lipinski definition) is 1. The van der Waals surface area contributed by atoms with Crippen LogP contribution in [0.1, 0.15) is 21.6 Å². The third-order valence-corrected chi connectivity index (χ3v) is 4.40. The number of rotatable bonds is 4. The molecule has 4 aromatic rings. The number of anilines is 1. The Kier molecular flexibility index (Phi) is 4.68. The molecule has 0 aliphatic carbocycles. The van der Waals surface area contributed by atoms with E-state index in [1.807, 2.05) is 61.5 Å². The number of benzene rings is 2. The van der Waals surface area contributed by atoms with E-state index >= 15 is 0 Å². The first kappa shape index (κ1) is 17.6. The molecule has 0 unspecified atom stereocenters. The van der Waals surface area contributed by atoms with E-state index in [-0.39, 0.29) is 11.3 Å². The van der Waals surface area contributed by atoms with Crippen LogP contribution in [0.4, 0.5) is 5.69 Å². The molecule has 0 aliphatic rings. The molecule has 1 N–H and O–H groups in total. The van der Waals surface area contributed by atoms with Crippen LogP contribution >= 0.6 is 0 Å². The maximum Gasteiger partial charge on any atom is 0.276 e. The minimum Gasteiger partial charge on any atom is -0.319 e. The minimum atomic E-state index is -0.394. The second kappa shape index (κ2) is 7.44. The van der Waals surface area contributed by atoms with E-state index in [9.17, 15) is 9.59 Å². The first-order valence-electron chi connectivity index (χ1n) is 8.88. The fourth-order valence-electron chi connectivity index (χ4n) is 2.88. The molecule has 2 heterocycles. The Labute approximate surface area is 161 Å². The van der Waals surface area contributed by atoms with Crippen LogP contribution < -0.4 is 10.9 Å². The summed E-state index contributed by atoms with van der Waals surface area (Å²) in [5, 5.41) is 7.94. The Balaban J connectivity index is 1.56. The highest BCUT2D eigenvalue weighted by Gasteiger charge is 2.11. The highest BCUT2D eigenvalue weighted by atomic mass is 16.2. The lowest BCUT2D eigenvalue weighted by Crippen LogP contribution is -2.26. The molecule has 6 heteroatoms. The van der Waals surface area contributed by atoms with Crippen LogP contribution in [0.25, 0.3) is 10.9 Å². The lowest BCUT2D eigenvalue weighted by atomic mass is 10.1. The molecular weight excluding hydrogens is 352 g/mol. The van der Waals surface area contributed by atoms with Crippen molar-refractivity contribution in [1.29, 1.82) is 0 Å². The third kappa shape index (κ3) is 3.81. The normalized spacial score (nSPS) is 10.8. The molecule has 0 aliphatic heterocycles. The first-order valence-corrected chi connectivity index (χ1v) is 8.88. The second-order valence-corrected chi connectivity index (χ2v) is 6.57. The van der Waals surface area contributed by atoms with Gasteiger partial charge in [0.05, 0.1) is 23.9 Å². The van der Waals surface area contributed by atoms with Crippen LogP contribution in [0, 0.1) is 6.92 Å².